The van der Waals surface area contributed by atoms with Crippen LogP contribution in [0.4, 0.5) is 5.69 Å². The number of benzene rings is 1. The molecule has 2 aliphatic rings. The molecule has 1 aromatic carbocycles. The number of carbonyl (C=O) groups excluding carboxylic acids is 2. The molecule has 2 heterocycles. The van der Waals surface area contributed by atoms with Crippen molar-refractivity contribution in [1.82, 2.24) is 4.90 Å². The number of likely N-dealkylation sites (tertiary alicyclic amines) is 1. The minimum atomic E-state index is -0.765. The van der Waals surface area contributed by atoms with E-state index in [0.717, 1.165) is 37.3 Å². The number of nitrogens with zero attached hydrogens (tertiary/aromatic N) is 1. The van der Waals surface area contributed by atoms with Crippen molar-refractivity contribution < 1.29 is 14.3 Å². The van der Waals surface area contributed by atoms with Crippen LogP contribution in [-0.4, -0.2) is 42.0 Å². The molecule has 2 aliphatic heterocycles. The lowest BCUT2D eigenvalue weighted by Crippen LogP contribution is -2.47. The van der Waals surface area contributed by atoms with E-state index in [1.807, 2.05) is 24.3 Å². The van der Waals surface area contributed by atoms with Gasteiger partial charge in [0.25, 0.3) is 5.91 Å². The van der Waals surface area contributed by atoms with Crippen LogP contribution >= 0.6 is 0 Å². The molecule has 1 saturated heterocycles. The summed E-state index contributed by atoms with van der Waals surface area (Å²) in [7, 11) is 0. The van der Waals surface area contributed by atoms with Gasteiger partial charge in [-0.3, -0.25) is 4.79 Å². The molecule has 25 heavy (non-hydrogen) atoms. The number of carbonyl (C=O) groups is 2. The molecular weight excluding hydrogens is 316 g/mol. The Morgan fingerprint density at radius 3 is 2.64 bits per heavy atom. The minimum absolute atomic E-state index is 0.221. The number of aryl methyl sites for hydroxylation is 1. The number of ether oxygens (including phenoxy) is 1. The fraction of sp³-hybridized carbons (Fsp3) is 0.500. The number of amides is 1. The maximum Gasteiger partial charge on any atom is 0.335 e. The minimum Gasteiger partial charge on any atom is -0.450 e. The van der Waals surface area contributed by atoms with Gasteiger partial charge in [-0.25, -0.2) is 4.79 Å². The summed E-state index contributed by atoms with van der Waals surface area (Å²) >= 11 is 0. The molecule has 1 spiro atoms. The van der Waals surface area contributed by atoms with Gasteiger partial charge in [0.2, 0.25) is 0 Å². The molecule has 3 rings (SSSR count). The zero-order chi connectivity index (χ0) is 18.0. The van der Waals surface area contributed by atoms with Crippen molar-refractivity contribution in [2.75, 3.05) is 25.0 Å². The van der Waals surface area contributed by atoms with Gasteiger partial charge in [0.15, 0.2) is 0 Å². The van der Waals surface area contributed by atoms with E-state index in [1.54, 1.807) is 6.92 Å². The average Bonchev–Trinajstić information content (AvgIpc) is 2.86. The van der Waals surface area contributed by atoms with E-state index in [1.165, 1.54) is 0 Å². The second-order valence-corrected chi connectivity index (χ2v) is 6.83. The number of hydrogen-bond donors (Lipinski definition) is 1. The van der Waals surface area contributed by atoms with Gasteiger partial charge in [-0.05, 0) is 37.6 Å². The fourth-order valence-corrected chi connectivity index (χ4v) is 3.77. The lowest BCUT2D eigenvalue weighted by atomic mass is 9.82. The van der Waals surface area contributed by atoms with Crippen LogP contribution in [0.2, 0.25) is 0 Å². The maximum atomic E-state index is 13.0. The Hall–Kier alpha value is -2.14. The molecule has 0 saturated carbocycles. The van der Waals surface area contributed by atoms with Crippen LogP contribution in [0.3, 0.4) is 0 Å². The SMILES string of the molecule is CCc1cccc(NC(=O)C2=C(C)C(=O)OC23CCN(CC)CC3)c1. The average molecular weight is 342 g/mol. The summed E-state index contributed by atoms with van der Waals surface area (Å²) < 4.78 is 5.71. The maximum absolute atomic E-state index is 13.0. The first-order valence-electron chi connectivity index (χ1n) is 9.06. The van der Waals surface area contributed by atoms with E-state index in [0.29, 0.717) is 24.0 Å². The fourth-order valence-electron chi connectivity index (χ4n) is 3.77. The Labute approximate surface area is 149 Å². The molecule has 0 atom stereocenters. The predicted octanol–water partition coefficient (Wildman–Crippen LogP) is 2.92. The zero-order valence-corrected chi connectivity index (χ0v) is 15.2. The van der Waals surface area contributed by atoms with Gasteiger partial charge in [0, 0.05) is 37.2 Å². The molecule has 1 fully saturated rings. The molecule has 5 heteroatoms. The van der Waals surface area contributed by atoms with Crippen molar-refractivity contribution in [2.45, 2.75) is 45.6 Å². The summed E-state index contributed by atoms with van der Waals surface area (Å²) in [5.41, 5.74) is 2.10. The highest BCUT2D eigenvalue weighted by Gasteiger charge is 2.50. The molecule has 1 N–H and O–H groups in total. The van der Waals surface area contributed by atoms with E-state index in [-0.39, 0.29) is 11.9 Å². The lowest BCUT2D eigenvalue weighted by Gasteiger charge is -2.39. The number of nitrogens with one attached hydrogen (secondary N) is 1. The summed E-state index contributed by atoms with van der Waals surface area (Å²) in [5, 5.41) is 2.96. The molecule has 0 bridgehead atoms. The number of anilines is 1. The molecular formula is C20H26N2O3. The zero-order valence-electron chi connectivity index (χ0n) is 15.2. The quantitative estimate of drug-likeness (QED) is 0.855. The third-order valence-corrected chi connectivity index (χ3v) is 5.36. The summed E-state index contributed by atoms with van der Waals surface area (Å²) in [5.74, 6) is -0.584. The first-order valence-corrected chi connectivity index (χ1v) is 9.06. The number of piperidine rings is 1. The van der Waals surface area contributed by atoms with Crippen LogP contribution in [0.25, 0.3) is 0 Å². The number of esters is 1. The standard InChI is InChI=1S/C20H26N2O3/c1-4-15-7-6-8-16(13-15)21-18(23)17-14(3)19(24)25-20(17)9-11-22(5-2)12-10-20/h6-8,13H,4-5,9-12H2,1-3H3,(H,21,23). The Morgan fingerprint density at radius 2 is 2.00 bits per heavy atom. The third-order valence-electron chi connectivity index (χ3n) is 5.36. The van der Waals surface area contributed by atoms with Crippen molar-refractivity contribution in [3.8, 4) is 0 Å². The molecule has 1 aromatic rings. The Bertz CT molecular complexity index is 715. The van der Waals surface area contributed by atoms with Crippen molar-refractivity contribution in [3.05, 3.63) is 41.0 Å². The lowest BCUT2D eigenvalue weighted by molar-refractivity contribution is -0.150. The van der Waals surface area contributed by atoms with E-state index >= 15 is 0 Å². The van der Waals surface area contributed by atoms with Gasteiger partial charge in [0.1, 0.15) is 5.60 Å². The van der Waals surface area contributed by atoms with E-state index in [9.17, 15) is 9.59 Å². The van der Waals surface area contributed by atoms with Gasteiger partial charge < -0.3 is 15.0 Å². The van der Waals surface area contributed by atoms with E-state index in [4.69, 9.17) is 4.74 Å². The third kappa shape index (κ3) is 3.33. The molecule has 0 radical (unpaired) electrons. The topological polar surface area (TPSA) is 58.6 Å². The highest BCUT2D eigenvalue weighted by Crippen LogP contribution is 2.41. The van der Waals surface area contributed by atoms with E-state index in [2.05, 4.69) is 24.1 Å². The van der Waals surface area contributed by atoms with Crippen molar-refractivity contribution in [2.24, 2.45) is 0 Å². The van der Waals surface area contributed by atoms with Gasteiger partial charge in [-0.2, -0.15) is 0 Å². The molecule has 0 unspecified atom stereocenters. The molecule has 5 nitrogen and oxygen atoms in total. The number of hydrogen-bond acceptors (Lipinski definition) is 4. The van der Waals surface area contributed by atoms with Crippen molar-refractivity contribution >= 4 is 17.6 Å². The highest BCUT2D eigenvalue weighted by atomic mass is 16.6. The van der Waals surface area contributed by atoms with Crippen LogP contribution in [0.5, 0.6) is 0 Å². The normalized spacial score (nSPS) is 20.0. The first kappa shape index (κ1) is 17.7. The van der Waals surface area contributed by atoms with Crippen molar-refractivity contribution in [3.63, 3.8) is 0 Å². The molecule has 134 valence electrons. The van der Waals surface area contributed by atoms with Crippen LogP contribution in [0.1, 0.15) is 39.2 Å². The second-order valence-electron chi connectivity index (χ2n) is 6.83. The monoisotopic (exact) mass is 342 g/mol. The summed E-state index contributed by atoms with van der Waals surface area (Å²) in [6.07, 6.45) is 2.24. The van der Waals surface area contributed by atoms with Gasteiger partial charge in [-0.15, -0.1) is 0 Å². The van der Waals surface area contributed by atoms with Gasteiger partial charge in [0.05, 0.1) is 5.57 Å². The highest BCUT2D eigenvalue weighted by molar-refractivity contribution is 6.12. The smallest absolute Gasteiger partial charge is 0.335 e. The van der Waals surface area contributed by atoms with Crippen LogP contribution in [0.15, 0.2) is 35.4 Å². The van der Waals surface area contributed by atoms with Gasteiger partial charge in [-0.1, -0.05) is 26.0 Å². The van der Waals surface area contributed by atoms with Crippen LogP contribution in [-0.2, 0) is 20.7 Å². The van der Waals surface area contributed by atoms with Crippen LogP contribution in [0, 0.1) is 0 Å². The van der Waals surface area contributed by atoms with Crippen LogP contribution < -0.4 is 5.32 Å². The second kappa shape index (κ2) is 7.00. The summed E-state index contributed by atoms with van der Waals surface area (Å²) in [6, 6.07) is 7.81. The summed E-state index contributed by atoms with van der Waals surface area (Å²) in [4.78, 5) is 27.5. The largest absolute Gasteiger partial charge is 0.450 e. The Balaban J connectivity index is 1.84. The van der Waals surface area contributed by atoms with Crippen molar-refractivity contribution in [1.29, 1.82) is 0 Å². The van der Waals surface area contributed by atoms with Gasteiger partial charge >= 0.3 is 5.97 Å². The first-order chi connectivity index (χ1) is 12.0. The Kier molecular flexibility index (Phi) is 4.95. The predicted molar refractivity (Wildman–Crippen MR) is 97.3 cm³/mol. The van der Waals surface area contributed by atoms with E-state index < -0.39 is 5.60 Å². The molecule has 0 aliphatic carbocycles. The number of rotatable bonds is 4. The molecule has 1 amide bonds. The molecule has 0 aromatic heterocycles. The Morgan fingerprint density at radius 1 is 1.28 bits per heavy atom. The summed E-state index contributed by atoms with van der Waals surface area (Å²) in [6.45, 7) is 8.53.